The number of amides is 2. The fourth-order valence-electron chi connectivity index (χ4n) is 7.13. The maximum absolute atomic E-state index is 14.0. The van der Waals surface area contributed by atoms with Gasteiger partial charge in [0.15, 0.2) is 5.54 Å². The molecule has 0 aliphatic carbocycles. The summed E-state index contributed by atoms with van der Waals surface area (Å²) in [4.78, 5) is 42.3. The topological polar surface area (TPSA) is 79.0 Å². The molecule has 2 saturated heterocycles. The van der Waals surface area contributed by atoms with E-state index in [2.05, 4.69) is 5.32 Å². The molecule has 0 saturated carbocycles. The molecule has 2 aromatic rings. The first-order chi connectivity index (χ1) is 20.5. The zero-order chi connectivity index (χ0) is 31.2. The van der Waals surface area contributed by atoms with E-state index in [0.29, 0.717) is 27.9 Å². The van der Waals surface area contributed by atoms with Crippen molar-refractivity contribution in [3.05, 3.63) is 63.6 Å². The number of ether oxygens (including phenoxy) is 1. The molecule has 0 aromatic heterocycles. The van der Waals surface area contributed by atoms with E-state index in [4.69, 9.17) is 27.9 Å². The fraction of sp³-hybridized carbons (Fsp3) is 0.545. The molecular weight excluding hydrogens is 587 g/mol. The van der Waals surface area contributed by atoms with Crippen LogP contribution in [0.1, 0.15) is 67.3 Å². The molecule has 2 aromatic carbocycles. The second-order valence-electron chi connectivity index (χ2n) is 12.3. The van der Waals surface area contributed by atoms with E-state index in [1.54, 1.807) is 34.1 Å². The van der Waals surface area contributed by atoms with E-state index in [0.717, 1.165) is 74.9 Å². The third-order valence-corrected chi connectivity index (χ3v) is 10.1. The Balaban J connectivity index is 1.62. The van der Waals surface area contributed by atoms with Crippen LogP contribution in [-0.4, -0.2) is 98.0 Å². The number of carbonyl (C=O) groups excluding carboxylic acids is 3. The minimum Gasteiger partial charge on any atom is -0.427 e. The van der Waals surface area contributed by atoms with Crippen molar-refractivity contribution >= 4 is 41.0 Å². The zero-order valence-corrected chi connectivity index (χ0v) is 27.3. The summed E-state index contributed by atoms with van der Waals surface area (Å²) in [6.45, 7) is 6.29. The molecule has 1 atom stereocenters. The normalized spacial score (nSPS) is 18.4. The largest absolute Gasteiger partial charge is 0.427 e. The third kappa shape index (κ3) is 7.54. The number of rotatable bonds is 10. The Morgan fingerprint density at radius 2 is 1.60 bits per heavy atom. The molecular formula is C33H45Cl2N4O4+. The molecule has 0 bridgehead atoms. The van der Waals surface area contributed by atoms with Crippen LogP contribution in [0, 0.1) is 0 Å². The monoisotopic (exact) mass is 631 g/mol. The van der Waals surface area contributed by atoms with Gasteiger partial charge in [-0.1, -0.05) is 29.3 Å². The van der Waals surface area contributed by atoms with Gasteiger partial charge in [-0.3, -0.25) is 14.4 Å². The second-order valence-corrected chi connectivity index (χ2v) is 13.1. The van der Waals surface area contributed by atoms with Gasteiger partial charge in [0, 0.05) is 78.4 Å². The van der Waals surface area contributed by atoms with Gasteiger partial charge in [0.25, 0.3) is 11.8 Å². The Morgan fingerprint density at radius 1 is 0.953 bits per heavy atom. The van der Waals surface area contributed by atoms with Gasteiger partial charge in [0.05, 0.1) is 29.7 Å². The number of nitrogens with zero attached hydrogens (tertiary/aromatic N) is 3. The van der Waals surface area contributed by atoms with Crippen LogP contribution < -0.4 is 10.1 Å². The van der Waals surface area contributed by atoms with Gasteiger partial charge in [-0.2, -0.15) is 0 Å². The molecule has 10 heteroatoms. The fourth-order valence-corrected chi connectivity index (χ4v) is 7.44. The number of hydrogen-bond donors (Lipinski definition) is 1. The first-order valence-electron chi connectivity index (χ1n) is 15.3. The van der Waals surface area contributed by atoms with Gasteiger partial charge in [0.1, 0.15) is 5.75 Å². The van der Waals surface area contributed by atoms with Gasteiger partial charge in [-0.25, -0.2) is 0 Å². The molecule has 8 nitrogen and oxygen atoms in total. The Bertz CT molecular complexity index is 1290. The SMILES string of the molecule is CC(=O)Oc1ccc(C(=O)N(C)C[C@@H](CC[N+]2(C3(C(=O)N(C)C)CCNCC3)CCCCC2)c2ccc(Cl)c(Cl)c2)cc1. The van der Waals surface area contributed by atoms with Crippen molar-refractivity contribution in [3.8, 4) is 5.75 Å². The first kappa shape index (κ1) is 33.2. The van der Waals surface area contributed by atoms with Gasteiger partial charge in [-0.05, 0) is 61.2 Å². The lowest BCUT2D eigenvalue weighted by Crippen LogP contribution is -2.74. The van der Waals surface area contributed by atoms with E-state index >= 15 is 0 Å². The summed E-state index contributed by atoms with van der Waals surface area (Å²) in [6, 6.07) is 12.3. The minimum atomic E-state index is -0.456. The number of nitrogens with one attached hydrogen (secondary N) is 1. The standard InChI is InChI=1S/C33H45Cl2N4O4/c1-24(40)43-28-11-8-25(9-12-28)31(41)38(4)23-27(26-10-13-29(34)30(35)22-26)14-21-39(19-6-5-7-20-39)33(32(42)37(2)3)15-17-36-18-16-33/h8-13,22,27,36H,5-7,14-21,23H2,1-4H3/q+1/t27-/m1/s1. The van der Waals surface area contributed by atoms with Crippen LogP contribution in [0.25, 0.3) is 0 Å². The number of quaternary nitrogens is 1. The predicted molar refractivity (Wildman–Crippen MR) is 171 cm³/mol. The highest BCUT2D eigenvalue weighted by molar-refractivity contribution is 6.42. The number of hydrogen-bond acceptors (Lipinski definition) is 5. The smallest absolute Gasteiger partial charge is 0.308 e. The third-order valence-electron chi connectivity index (χ3n) is 9.34. The summed E-state index contributed by atoms with van der Waals surface area (Å²) in [5.41, 5.74) is 1.08. The first-order valence-corrected chi connectivity index (χ1v) is 16.0. The number of likely N-dealkylation sites (tertiary alicyclic amines) is 1. The Hall–Kier alpha value is -2.65. The summed E-state index contributed by atoms with van der Waals surface area (Å²) in [7, 11) is 5.57. The van der Waals surface area contributed by atoms with Crippen LogP contribution in [0.4, 0.5) is 0 Å². The van der Waals surface area contributed by atoms with Crippen molar-refractivity contribution in [2.75, 3.05) is 60.4 Å². The maximum Gasteiger partial charge on any atom is 0.308 e. The van der Waals surface area contributed by atoms with Crippen molar-refractivity contribution in [2.45, 2.75) is 56.9 Å². The van der Waals surface area contributed by atoms with E-state index in [1.165, 1.54) is 13.3 Å². The van der Waals surface area contributed by atoms with Gasteiger partial charge < -0.3 is 24.3 Å². The number of piperidine rings is 2. The molecule has 2 aliphatic heterocycles. The Labute approximate surface area is 265 Å². The summed E-state index contributed by atoms with van der Waals surface area (Å²) in [6.07, 6.45) is 5.83. The van der Waals surface area contributed by atoms with E-state index in [1.807, 2.05) is 39.3 Å². The average Bonchev–Trinajstić information content (AvgIpc) is 3.00. The average molecular weight is 633 g/mol. The number of benzene rings is 2. The van der Waals surface area contributed by atoms with Crippen molar-refractivity contribution < 1.29 is 23.6 Å². The lowest BCUT2D eigenvalue weighted by Gasteiger charge is -2.56. The quantitative estimate of drug-likeness (QED) is 0.216. The highest BCUT2D eigenvalue weighted by Crippen LogP contribution is 2.40. The van der Waals surface area contributed by atoms with Crippen LogP contribution in [0.15, 0.2) is 42.5 Å². The molecule has 2 fully saturated rings. The van der Waals surface area contributed by atoms with Crippen molar-refractivity contribution in [2.24, 2.45) is 0 Å². The molecule has 234 valence electrons. The van der Waals surface area contributed by atoms with Crippen LogP contribution in [-0.2, 0) is 9.59 Å². The zero-order valence-electron chi connectivity index (χ0n) is 25.8. The summed E-state index contributed by atoms with van der Waals surface area (Å²) in [5.74, 6) is 0.0722. The highest BCUT2D eigenvalue weighted by Gasteiger charge is 2.57. The van der Waals surface area contributed by atoms with Gasteiger partial charge in [-0.15, -0.1) is 0 Å². The molecule has 2 amide bonds. The number of halogens is 2. The van der Waals surface area contributed by atoms with E-state index in [-0.39, 0.29) is 17.7 Å². The second kappa shape index (κ2) is 14.4. The number of esters is 1. The van der Waals surface area contributed by atoms with Crippen LogP contribution in [0.3, 0.4) is 0 Å². The minimum absolute atomic E-state index is 0.0193. The Kier molecular flexibility index (Phi) is 11.1. The van der Waals surface area contributed by atoms with Crippen molar-refractivity contribution in [1.82, 2.24) is 15.1 Å². The lowest BCUT2D eigenvalue weighted by atomic mass is 9.79. The molecule has 4 rings (SSSR count). The Morgan fingerprint density at radius 3 is 2.19 bits per heavy atom. The van der Waals surface area contributed by atoms with Crippen LogP contribution >= 0.6 is 23.2 Å². The number of likely N-dealkylation sites (N-methyl/N-ethyl adjacent to an activating group) is 2. The van der Waals surface area contributed by atoms with Crippen molar-refractivity contribution in [3.63, 3.8) is 0 Å². The highest BCUT2D eigenvalue weighted by atomic mass is 35.5. The molecule has 0 spiro atoms. The van der Waals surface area contributed by atoms with Crippen LogP contribution in [0.2, 0.25) is 10.0 Å². The molecule has 43 heavy (non-hydrogen) atoms. The molecule has 0 radical (unpaired) electrons. The summed E-state index contributed by atoms with van der Waals surface area (Å²) in [5, 5.41) is 4.46. The number of carbonyl (C=O) groups is 3. The lowest BCUT2D eigenvalue weighted by molar-refractivity contribution is -0.972. The summed E-state index contributed by atoms with van der Waals surface area (Å²) >= 11 is 12.8. The predicted octanol–water partition coefficient (Wildman–Crippen LogP) is 5.38. The van der Waals surface area contributed by atoms with E-state index < -0.39 is 11.5 Å². The van der Waals surface area contributed by atoms with Gasteiger partial charge >= 0.3 is 5.97 Å². The molecule has 1 N–H and O–H groups in total. The summed E-state index contributed by atoms with van der Waals surface area (Å²) < 4.78 is 5.91. The molecule has 2 heterocycles. The van der Waals surface area contributed by atoms with E-state index in [9.17, 15) is 14.4 Å². The van der Waals surface area contributed by atoms with Gasteiger partial charge in [0.2, 0.25) is 0 Å². The van der Waals surface area contributed by atoms with Crippen molar-refractivity contribution in [1.29, 1.82) is 0 Å². The van der Waals surface area contributed by atoms with Crippen LogP contribution in [0.5, 0.6) is 5.75 Å². The molecule has 2 aliphatic rings. The maximum atomic E-state index is 14.0. The molecule has 0 unspecified atom stereocenters.